The number of para-hydroxylation sites is 3. The average Bonchev–Trinajstić information content (AvgIpc) is 2.82. The highest BCUT2D eigenvalue weighted by atomic mass is 16.5. The van der Waals surface area contributed by atoms with Gasteiger partial charge in [-0.25, -0.2) is 5.43 Å². The molecule has 0 atom stereocenters. The molecular formula is C24H19N3O4. The molecule has 7 heteroatoms. The number of rotatable bonds is 5. The van der Waals surface area contributed by atoms with E-state index in [2.05, 4.69) is 15.8 Å². The molecule has 0 saturated heterocycles. The number of anilines is 1. The molecule has 4 rings (SSSR count). The zero-order valence-electron chi connectivity index (χ0n) is 16.7. The minimum Gasteiger partial charge on any atom is -0.496 e. The predicted octanol–water partition coefficient (Wildman–Crippen LogP) is 3.94. The molecule has 1 aromatic heterocycles. The monoisotopic (exact) mass is 413 g/mol. The molecule has 0 aliphatic rings. The molecule has 0 fully saturated rings. The van der Waals surface area contributed by atoms with Crippen LogP contribution in [0.15, 0.2) is 94.4 Å². The van der Waals surface area contributed by atoms with Crippen molar-refractivity contribution in [3.63, 3.8) is 0 Å². The molecule has 0 saturated carbocycles. The highest BCUT2D eigenvalue weighted by molar-refractivity contribution is 6.05. The Morgan fingerprint density at radius 1 is 0.839 bits per heavy atom. The summed E-state index contributed by atoms with van der Waals surface area (Å²) in [6.07, 6.45) is 0. The van der Waals surface area contributed by atoms with Crippen LogP contribution in [0.2, 0.25) is 0 Å². The van der Waals surface area contributed by atoms with Gasteiger partial charge in [-0.15, -0.1) is 5.10 Å². The topological polar surface area (TPSA) is 92.9 Å². The smallest absolute Gasteiger partial charge is 0.275 e. The number of nitrogens with one attached hydrogen (secondary N) is 2. The van der Waals surface area contributed by atoms with Crippen LogP contribution in [-0.4, -0.2) is 18.9 Å². The number of carbonyl (C=O) groups excluding carboxylic acids is 2. The Kier molecular flexibility index (Phi) is 5.75. The molecule has 0 unspecified atom stereocenters. The van der Waals surface area contributed by atoms with Crippen LogP contribution in [0.25, 0.3) is 11.0 Å². The zero-order chi connectivity index (χ0) is 21.6. The Morgan fingerprint density at radius 3 is 2.35 bits per heavy atom. The van der Waals surface area contributed by atoms with Gasteiger partial charge in [0.1, 0.15) is 16.9 Å². The number of hydrogen-bond acceptors (Lipinski definition) is 5. The third kappa shape index (κ3) is 4.45. The zero-order valence-corrected chi connectivity index (χ0v) is 16.7. The van der Waals surface area contributed by atoms with Gasteiger partial charge in [0.15, 0.2) is 0 Å². The highest BCUT2D eigenvalue weighted by Gasteiger charge is 2.15. The van der Waals surface area contributed by atoms with Gasteiger partial charge in [0, 0.05) is 11.1 Å². The van der Waals surface area contributed by atoms with Gasteiger partial charge in [-0.2, -0.15) is 0 Å². The van der Waals surface area contributed by atoms with Crippen molar-refractivity contribution in [1.29, 1.82) is 0 Å². The summed E-state index contributed by atoms with van der Waals surface area (Å²) >= 11 is 0. The Bertz CT molecular complexity index is 1310. The van der Waals surface area contributed by atoms with Crippen LogP contribution in [0, 0.1) is 0 Å². The lowest BCUT2D eigenvalue weighted by Gasteiger charge is -2.08. The number of amides is 2. The Labute approximate surface area is 178 Å². The highest BCUT2D eigenvalue weighted by Crippen LogP contribution is 2.17. The minimum atomic E-state index is -0.491. The summed E-state index contributed by atoms with van der Waals surface area (Å²) in [6, 6.07) is 24.7. The van der Waals surface area contributed by atoms with Crippen molar-refractivity contribution in [3.8, 4) is 5.75 Å². The van der Waals surface area contributed by atoms with Crippen molar-refractivity contribution in [1.82, 2.24) is 5.43 Å². The number of benzene rings is 3. The molecule has 0 aliphatic carbocycles. The van der Waals surface area contributed by atoms with Gasteiger partial charge in [0.05, 0.1) is 12.7 Å². The molecule has 1 heterocycles. The second-order valence-corrected chi connectivity index (χ2v) is 6.58. The third-order valence-electron chi connectivity index (χ3n) is 4.54. The molecule has 154 valence electrons. The van der Waals surface area contributed by atoms with Crippen LogP contribution in [0.4, 0.5) is 5.69 Å². The summed E-state index contributed by atoms with van der Waals surface area (Å²) in [4.78, 5) is 25.5. The van der Waals surface area contributed by atoms with E-state index in [9.17, 15) is 9.59 Å². The lowest BCUT2D eigenvalue weighted by Crippen LogP contribution is -2.27. The Hall–Kier alpha value is -4.39. The van der Waals surface area contributed by atoms with E-state index < -0.39 is 11.8 Å². The van der Waals surface area contributed by atoms with Crippen LogP contribution in [-0.2, 0) is 0 Å². The summed E-state index contributed by atoms with van der Waals surface area (Å²) in [6.45, 7) is 0. The summed E-state index contributed by atoms with van der Waals surface area (Å²) in [5.41, 5.74) is 4.08. The predicted molar refractivity (Wildman–Crippen MR) is 117 cm³/mol. The summed E-state index contributed by atoms with van der Waals surface area (Å²) in [7, 11) is 1.48. The van der Waals surface area contributed by atoms with Gasteiger partial charge in [0.25, 0.3) is 11.8 Å². The van der Waals surface area contributed by atoms with E-state index in [4.69, 9.17) is 9.15 Å². The Morgan fingerprint density at radius 2 is 1.55 bits per heavy atom. The van der Waals surface area contributed by atoms with E-state index in [0.29, 0.717) is 22.6 Å². The van der Waals surface area contributed by atoms with E-state index >= 15 is 0 Å². The number of fused-ring (bicyclic) bond motifs is 1. The second-order valence-electron chi connectivity index (χ2n) is 6.58. The maximum Gasteiger partial charge on any atom is 0.275 e. The summed E-state index contributed by atoms with van der Waals surface area (Å²) < 4.78 is 11.0. The van der Waals surface area contributed by atoms with Gasteiger partial charge < -0.3 is 14.5 Å². The number of nitrogens with zero attached hydrogens (tertiary/aromatic N) is 1. The molecule has 0 bridgehead atoms. The molecular weight excluding hydrogens is 394 g/mol. The molecule has 7 nitrogen and oxygen atoms in total. The average molecular weight is 413 g/mol. The number of carbonyl (C=O) groups is 2. The fourth-order valence-electron chi connectivity index (χ4n) is 3.03. The van der Waals surface area contributed by atoms with Gasteiger partial charge >= 0.3 is 0 Å². The third-order valence-corrected chi connectivity index (χ3v) is 4.54. The minimum absolute atomic E-state index is 0.0182. The first-order chi connectivity index (χ1) is 15.2. The first-order valence-corrected chi connectivity index (χ1v) is 9.52. The van der Waals surface area contributed by atoms with E-state index in [-0.39, 0.29) is 11.1 Å². The standard InChI is InChI=1S/C24H19N3O4/c1-30-21-14-8-6-12-18(21)23(29)26-27-24-19(15-16-9-5-7-13-20(16)31-24)22(28)25-17-10-3-2-4-11-17/h2-15H,1H3,(H,25,28)(H,26,29)/b27-24+. The second kappa shape index (κ2) is 8.96. The van der Waals surface area contributed by atoms with E-state index in [1.807, 2.05) is 36.4 Å². The van der Waals surface area contributed by atoms with Gasteiger partial charge in [-0.05, 0) is 36.4 Å². The lowest BCUT2D eigenvalue weighted by molar-refractivity contribution is 0.0945. The molecule has 2 N–H and O–H groups in total. The van der Waals surface area contributed by atoms with Crippen LogP contribution in [0.5, 0.6) is 5.75 Å². The SMILES string of the molecule is COc1ccccc1C(=O)N/N=c1/oc2ccccc2cc1C(=O)Nc1ccccc1. The quantitative estimate of drug-likeness (QED) is 0.485. The summed E-state index contributed by atoms with van der Waals surface area (Å²) in [5, 5.41) is 7.63. The largest absolute Gasteiger partial charge is 0.496 e. The van der Waals surface area contributed by atoms with E-state index in [1.165, 1.54) is 7.11 Å². The molecule has 0 spiro atoms. The van der Waals surface area contributed by atoms with Crippen molar-refractivity contribution >= 4 is 28.5 Å². The fraction of sp³-hybridized carbons (Fsp3) is 0.0417. The number of hydrogen-bond donors (Lipinski definition) is 2. The van der Waals surface area contributed by atoms with Crippen LogP contribution >= 0.6 is 0 Å². The molecule has 0 aliphatic heterocycles. The maximum absolute atomic E-state index is 12.9. The first kappa shape index (κ1) is 19.9. The normalized spacial score (nSPS) is 11.2. The van der Waals surface area contributed by atoms with Crippen molar-refractivity contribution < 1.29 is 18.7 Å². The maximum atomic E-state index is 12.9. The van der Waals surface area contributed by atoms with Gasteiger partial charge in [-0.3, -0.25) is 9.59 Å². The molecule has 2 amide bonds. The van der Waals surface area contributed by atoms with Crippen LogP contribution < -0.4 is 21.0 Å². The fourth-order valence-corrected chi connectivity index (χ4v) is 3.03. The first-order valence-electron chi connectivity index (χ1n) is 9.52. The molecule has 3 aromatic carbocycles. The van der Waals surface area contributed by atoms with E-state index in [0.717, 1.165) is 5.39 Å². The van der Waals surface area contributed by atoms with E-state index in [1.54, 1.807) is 48.5 Å². The number of methoxy groups -OCH3 is 1. The molecule has 0 radical (unpaired) electrons. The van der Waals surface area contributed by atoms with Crippen LogP contribution in [0.1, 0.15) is 20.7 Å². The van der Waals surface area contributed by atoms with Gasteiger partial charge in [-0.1, -0.05) is 48.5 Å². The van der Waals surface area contributed by atoms with Crippen molar-refractivity contribution in [2.45, 2.75) is 0 Å². The van der Waals surface area contributed by atoms with Crippen molar-refractivity contribution in [3.05, 3.63) is 102 Å². The lowest BCUT2D eigenvalue weighted by atomic mass is 10.1. The van der Waals surface area contributed by atoms with Crippen LogP contribution in [0.3, 0.4) is 0 Å². The summed E-state index contributed by atoms with van der Waals surface area (Å²) in [5.74, 6) is -0.492. The molecule has 4 aromatic rings. The Balaban J connectivity index is 1.72. The molecule has 31 heavy (non-hydrogen) atoms. The van der Waals surface area contributed by atoms with Gasteiger partial charge in [0.2, 0.25) is 5.55 Å². The van der Waals surface area contributed by atoms with Crippen molar-refractivity contribution in [2.75, 3.05) is 12.4 Å². The number of ether oxygens (including phenoxy) is 1. The van der Waals surface area contributed by atoms with Crippen molar-refractivity contribution in [2.24, 2.45) is 5.10 Å².